The quantitative estimate of drug-likeness (QED) is 0.837. The summed E-state index contributed by atoms with van der Waals surface area (Å²) in [6.07, 6.45) is 1.52. The number of halogens is 1. The summed E-state index contributed by atoms with van der Waals surface area (Å²) >= 11 is 7.92. The fraction of sp³-hybridized carbons (Fsp3) is 0.562. The number of amides is 1. The molecule has 21 heavy (non-hydrogen) atoms. The molecule has 2 aliphatic heterocycles. The molecular formula is C16H20ClNO2S. The topological polar surface area (TPSA) is 29.5 Å². The van der Waals surface area contributed by atoms with E-state index in [1.165, 1.54) is 0 Å². The summed E-state index contributed by atoms with van der Waals surface area (Å²) < 4.78 is 5.51. The van der Waals surface area contributed by atoms with Crippen LogP contribution in [0, 0.1) is 0 Å². The molecule has 2 saturated heterocycles. The lowest BCUT2D eigenvalue weighted by molar-refractivity contribution is -0.141. The molecule has 0 spiro atoms. The van der Waals surface area contributed by atoms with Crippen molar-refractivity contribution in [3.05, 3.63) is 34.9 Å². The van der Waals surface area contributed by atoms with Gasteiger partial charge in [-0.3, -0.25) is 4.79 Å². The highest BCUT2D eigenvalue weighted by Gasteiger charge is 2.44. The molecule has 1 amide bonds. The first kappa shape index (κ1) is 15.2. The van der Waals surface area contributed by atoms with Gasteiger partial charge in [0, 0.05) is 42.8 Å². The minimum Gasteiger partial charge on any atom is -0.381 e. The van der Waals surface area contributed by atoms with Gasteiger partial charge in [0.2, 0.25) is 5.91 Å². The van der Waals surface area contributed by atoms with Crippen LogP contribution in [0.1, 0.15) is 18.4 Å². The molecule has 114 valence electrons. The van der Waals surface area contributed by atoms with Crippen LogP contribution < -0.4 is 0 Å². The van der Waals surface area contributed by atoms with Crippen LogP contribution in [0.3, 0.4) is 0 Å². The Morgan fingerprint density at radius 3 is 2.38 bits per heavy atom. The number of thioether (sulfide) groups is 1. The van der Waals surface area contributed by atoms with E-state index in [0.29, 0.717) is 18.2 Å². The van der Waals surface area contributed by atoms with Crippen molar-refractivity contribution >= 4 is 29.3 Å². The third-order valence-corrected chi connectivity index (χ3v) is 5.65. The van der Waals surface area contributed by atoms with Gasteiger partial charge in [-0.05, 0) is 30.5 Å². The van der Waals surface area contributed by atoms with Crippen molar-refractivity contribution in [1.82, 2.24) is 4.90 Å². The molecule has 0 atom stereocenters. The van der Waals surface area contributed by atoms with Crippen LogP contribution in [-0.4, -0.2) is 48.6 Å². The van der Waals surface area contributed by atoms with Gasteiger partial charge in [0.15, 0.2) is 0 Å². The Labute approximate surface area is 135 Å². The Morgan fingerprint density at radius 2 is 1.76 bits per heavy atom. The first-order chi connectivity index (χ1) is 10.2. The van der Waals surface area contributed by atoms with Crippen molar-refractivity contribution in [2.45, 2.75) is 18.3 Å². The fourth-order valence-electron chi connectivity index (χ4n) is 3.18. The molecule has 3 rings (SSSR count). The normalized spacial score (nSPS) is 22.0. The molecule has 5 heteroatoms. The standard InChI is InChI=1S/C16H20ClNO2S/c17-14-3-1-13(2-4-14)16(5-9-20-10-6-16)15(19)18-7-11-21-12-8-18/h1-4H,5-12H2. The Kier molecular flexibility index (Phi) is 4.77. The molecule has 0 radical (unpaired) electrons. The lowest BCUT2D eigenvalue weighted by Gasteiger charge is -2.41. The van der Waals surface area contributed by atoms with Crippen molar-refractivity contribution < 1.29 is 9.53 Å². The van der Waals surface area contributed by atoms with Crippen LogP contribution in [-0.2, 0) is 14.9 Å². The lowest BCUT2D eigenvalue weighted by atomic mass is 9.73. The maximum absolute atomic E-state index is 13.2. The van der Waals surface area contributed by atoms with Crippen LogP contribution in [0.5, 0.6) is 0 Å². The molecule has 2 heterocycles. The van der Waals surface area contributed by atoms with Crippen molar-refractivity contribution in [3.63, 3.8) is 0 Å². The number of rotatable bonds is 2. The summed E-state index contributed by atoms with van der Waals surface area (Å²) in [5.74, 6) is 2.35. The van der Waals surface area contributed by atoms with E-state index in [2.05, 4.69) is 0 Å². The largest absolute Gasteiger partial charge is 0.381 e. The minimum atomic E-state index is -0.426. The van der Waals surface area contributed by atoms with Gasteiger partial charge < -0.3 is 9.64 Å². The summed E-state index contributed by atoms with van der Waals surface area (Å²) in [6.45, 7) is 3.02. The monoisotopic (exact) mass is 325 g/mol. The zero-order chi connectivity index (χ0) is 14.7. The van der Waals surface area contributed by atoms with Crippen molar-refractivity contribution in [1.29, 1.82) is 0 Å². The lowest BCUT2D eigenvalue weighted by Crippen LogP contribution is -2.52. The summed E-state index contributed by atoms with van der Waals surface area (Å²) in [5.41, 5.74) is 0.656. The number of benzene rings is 1. The summed E-state index contributed by atoms with van der Waals surface area (Å²) in [6, 6.07) is 7.77. The van der Waals surface area contributed by atoms with E-state index in [4.69, 9.17) is 16.3 Å². The molecule has 2 aliphatic rings. The van der Waals surface area contributed by atoms with Gasteiger partial charge in [-0.2, -0.15) is 11.8 Å². The predicted octanol–water partition coefficient (Wildman–Crippen LogP) is 2.96. The maximum atomic E-state index is 13.2. The second-order valence-corrected chi connectivity index (χ2v) is 7.27. The highest BCUT2D eigenvalue weighted by Crippen LogP contribution is 2.37. The second kappa shape index (κ2) is 6.59. The summed E-state index contributed by atoms with van der Waals surface area (Å²) in [5, 5.41) is 0.711. The van der Waals surface area contributed by atoms with E-state index in [1.807, 2.05) is 40.9 Å². The number of ether oxygens (including phenoxy) is 1. The molecule has 1 aromatic rings. The molecule has 0 unspecified atom stereocenters. The summed E-state index contributed by atoms with van der Waals surface area (Å²) in [7, 11) is 0. The maximum Gasteiger partial charge on any atom is 0.233 e. The second-order valence-electron chi connectivity index (χ2n) is 5.61. The van der Waals surface area contributed by atoms with Crippen LogP contribution in [0.2, 0.25) is 5.02 Å². The fourth-order valence-corrected chi connectivity index (χ4v) is 4.21. The van der Waals surface area contributed by atoms with Gasteiger partial charge in [0.1, 0.15) is 0 Å². The van der Waals surface area contributed by atoms with Gasteiger partial charge in [0.25, 0.3) is 0 Å². The van der Waals surface area contributed by atoms with Crippen LogP contribution in [0.15, 0.2) is 24.3 Å². The van der Waals surface area contributed by atoms with E-state index in [9.17, 15) is 4.79 Å². The molecule has 3 nitrogen and oxygen atoms in total. The Morgan fingerprint density at radius 1 is 1.14 bits per heavy atom. The highest BCUT2D eigenvalue weighted by atomic mass is 35.5. The van der Waals surface area contributed by atoms with Crippen molar-refractivity contribution in [2.24, 2.45) is 0 Å². The van der Waals surface area contributed by atoms with Gasteiger partial charge >= 0.3 is 0 Å². The molecule has 0 bridgehead atoms. The van der Waals surface area contributed by atoms with Gasteiger partial charge in [0.05, 0.1) is 5.41 Å². The van der Waals surface area contributed by atoms with Crippen LogP contribution in [0.4, 0.5) is 0 Å². The molecular weight excluding hydrogens is 306 g/mol. The summed E-state index contributed by atoms with van der Waals surface area (Å²) in [4.78, 5) is 15.2. The molecule has 0 N–H and O–H groups in total. The van der Waals surface area contributed by atoms with E-state index >= 15 is 0 Å². The number of hydrogen-bond acceptors (Lipinski definition) is 3. The number of nitrogens with zero attached hydrogens (tertiary/aromatic N) is 1. The highest BCUT2D eigenvalue weighted by molar-refractivity contribution is 7.99. The first-order valence-corrected chi connectivity index (χ1v) is 8.97. The van der Waals surface area contributed by atoms with Gasteiger partial charge in [-0.15, -0.1) is 0 Å². The molecule has 1 aromatic carbocycles. The predicted molar refractivity (Wildman–Crippen MR) is 87.1 cm³/mol. The van der Waals surface area contributed by atoms with Crippen LogP contribution >= 0.6 is 23.4 Å². The first-order valence-electron chi connectivity index (χ1n) is 7.43. The zero-order valence-electron chi connectivity index (χ0n) is 12.0. The number of carbonyl (C=O) groups is 1. The molecule has 0 saturated carbocycles. The van der Waals surface area contributed by atoms with E-state index < -0.39 is 5.41 Å². The Hall–Kier alpha value is -0.710. The van der Waals surface area contributed by atoms with Gasteiger partial charge in [-0.25, -0.2) is 0 Å². The minimum absolute atomic E-state index is 0.272. The Bertz CT molecular complexity index is 494. The van der Waals surface area contributed by atoms with Crippen molar-refractivity contribution in [3.8, 4) is 0 Å². The van der Waals surface area contributed by atoms with Crippen LogP contribution in [0.25, 0.3) is 0 Å². The van der Waals surface area contributed by atoms with E-state index in [-0.39, 0.29) is 5.91 Å². The number of carbonyl (C=O) groups excluding carboxylic acids is 1. The zero-order valence-corrected chi connectivity index (χ0v) is 13.6. The average molecular weight is 326 g/mol. The Balaban J connectivity index is 1.92. The van der Waals surface area contributed by atoms with Crippen molar-refractivity contribution in [2.75, 3.05) is 37.8 Å². The molecule has 2 fully saturated rings. The van der Waals surface area contributed by atoms with Gasteiger partial charge in [-0.1, -0.05) is 23.7 Å². The molecule has 0 aromatic heterocycles. The van der Waals surface area contributed by atoms with E-state index in [1.54, 1.807) is 0 Å². The smallest absolute Gasteiger partial charge is 0.233 e. The number of hydrogen-bond donors (Lipinski definition) is 0. The third kappa shape index (κ3) is 3.08. The third-order valence-electron chi connectivity index (χ3n) is 4.45. The molecule has 0 aliphatic carbocycles. The SMILES string of the molecule is O=C(N1CCSCC1)C1(c2ccc(Cl)cc2)CCOCC1. The van der Waals surface area contributed by atoms with E-state index in [0.717, 1.165) is 43.0 Å². The average Bonchev–Trinajstić information content (AvgIpc) is 2.56.